The first-order chi connectivity index (χ1) is 11.9. The third-order valence-electron chi connectivity index (χ3n) is 3.89. The van der Waals surface area contributed by atoms with E-state index in [-0.39, 0.29) is 47.4 Å². The van der Waals surface area contributed by atoms with Gasteiger partial charge in [0.25, 0.3) is 5.91 Å². The molecule has 0 aromatic heterocycles. The number of nitrogens with one attached hydrogen (secondary N) is 2. The van der Waals surface area contributed by atoms with E-state index < -0.39 is 10.0 Å². The van der Waals surface area contributed by atoms with Crippen LogP contribution < -0.4 is 14.8 Å². The number of sulfonamides is 1. The molecule has 0 spiro atoms. The van der Waals surface area contributed by atoms with Crippen molar-refractivity contribution in [2.45, 2.75) is 36.6 Å². The molecular weight excluding hydrogens is 368 g/mol. The van der Waals surface area contributed by atoms with Gasteiger partial charge in [-0.05, 0) is 31.0 Å². The van der Waals surface area contributed by atoms with Crippen LogP contribution in [0.3, 0.4) is 0 Å². The molecule has 0 aliphatic heterocycles. The third-order valence-corrected chi connectivity index (χ3v) is 5.65. The zero-order chi connectivity index (χ0) is 18.3. The first-order valence-corrected chi connectivity index (χ1v) is 9.99. The van der Waals surface area contributed by atoms with Gasteiger partial charge < -0.3 is 14.8 Å². The van der Waals surface area contributed by atoms with Gasteiger partial charge in [0, 0.05) is 19.7 Å². The molecule has 1 amide bonds. The SMILES string of the molecule is COCCNS(=O)(=O)c1ccc(OCC(=O)NC2CCCC2)c(Cl)c1. The fourth-order valence-corrected chi connectivity index (χ4v) is 3.95. The van der Waals surface area contributed by atoms with Crippen molar-refractivity contribution in [1.82, 2.24) is 10.0 Å². The lowest BCUT2D eigenvalue weighted by atomic mass is 10.2. The lowest BCUT2D eigenvalue weighted by molar-refractivity contribution is -0.123. The molecule has 0 unspecified atom stereocenters. The van der Waals surface area contributed by atoms with Crippen LogP contribution in [0, 0.1) is 0 Å². The van der Waals surface area contributed by atoms with Crippen LogP contribution in [-0.4, -0.2) is 47.2 Å². The highest BCUT2D eigenvalue weighted by Gasteiger charge is 2.18. The number of hydrogen-bond acceptors (Lipinski definition) is 5. The Morgan fingerprint density at radius 3 is 2.68 bits per heavy atom. The first-order valence-electron chi connectivity index (χ1n) is 8.12. The molecule has 0 radical (unpaired) electrons. The number of carbonyl (C=O) groups is 1. The summed E-state index contributed by atoms with van der Waals surface area (Å²) in [6.45, 7) is 0.273. The molecule has 140 valence electrons. The minimum absolute atomic E-state index is 0.0244. The third kappa shape index (κ3) is 6.14. The van der Waals surface area contributed by atoms with E-state index in [9.17, 15) is 13.2 Å². The summed E-state index contributed by atoms with van der Waals surface area (Å²) in [5.74, 6) is 0.0555. The summed E-state index contributed by atoms with van der Waals surface area (Å²) in [6.07, 6.45) is 4.25. The molecule has 1 aliphatic carbocycles. The van der Waals surface area contributed by atoms with Gasteiger partial charge in [-0.2, -0.15) is 0 Å². The van der Waals surface area contributed by atoms with Crippen LogP contribution in [0.1, 0.15) is 25.7 Å². The Hall–Kier alpha value is -1.35. The molecule has 1 saturated carbocycles. The Labute approximate surface area is 153 Å². The second-order valence-electron chi connectivity index (χ2n) is 5.82. The number of halogens is 1. The van der Waals surface area contributed by atoms with Gasteiger partial charge in [0.15, 0.2) is 6.61 Å². The standard InChI is InChI=1S/C16H23ClN2O5S/c1-23-9-8-18-25(21,22)13-6-7-15(14(17)10-13)24-11-16(20)19-12-4-2-3-5-12/h6-7,10,12,18H,2-5,8-9,11H2,1H3,(H,19,20). The van der Waals surface area contributed by atoms with Gasteiger partial charge in [-0.1, -0.05) is 24.4 Å². The van der Waals surface area contributed by atoms with E-state index in [1.807, 2.05) is 0 Å². The van der Waals surface area contributed by atoms with Crippen molar-refractivity contribution in [2.75, 3.05) is 26.9 Å². The van der Waals surface area contributed by atoms with E-state index in [0.717, 1.165) is 25.7 Å². The number of methoxy groups -OCH3 is 1. The van der Waals surface area contributed by atoms with Crippen molar-refractivity contribution < 1.29 is 22.7 Å². The number of ether oxygens (including phenoxy) is 2. The van der Waals surface area contributed by atoms with Crippen molar-refractivity contribution in [1.29, 1.82) is 0 Å². The molecule has 1 aromatic carbocycles. The topological polar surface area (TPSA) is 93.7 Å². The first kappa shape index (κ1) is 20.0. The van der Waals surface area contributed by atoms with Crippen molar-refractivity contribution in [3.8, 4) is 5.75 Å². The van der Waals surface area contributed by atoms with Gasteiger partial charge in [-0.25, -0.2) is 13.1 Å². The highest BCUT2D eigenvalue weighted by Crippen LogP contribution is 2.27. The predicted molar refractivity (Wildman–Crippen MR) is 94.4 cm³/mol. The molecule has 7 nitrogen and oxygen atoms in total. The van der Waals surface area contributed by atoms with E-state index >= 15 is 0 Å². The molecule has 1 aromatic rings. The van der Waals surface area contributed by atoms with Gasteiger partial charge in [0.05, 0.1) is 16.5 Å². The molecule has 0 atom stereocenters. The molecule has 1 fully saturated rings. The summed E-state index contributed by atoms with van der Waals surface area (Å²) in [4.78, 5) is 11.9. The van der Waals surface area contributed by atoms with Crippen molar-refractivity contribution in [2.24, 2.45) is 0 Å². The normalized spacial score (nSPS) is 15.3. The maximum absolute atomic E-state index is 12.1. The average Bonchev–Trinajstić information content (AvgIpc) is 3.06. The summed E-state index contributed by atoms with van der Waals surface area (Å²) in [6, 6.07) is 4.33. The molecule has 2 rings (SSSR count). The van der Waals surface area contributed by atoms with Crippen LogP contribution in [0.5, 0.6) is 5.75 Å². The number of hydrogen-bond donors (Lipinski definition) is 2. The minimum Gasteiger partial charge on any atom is -0.482 e. The van der Waals surface area contributed by atoms with Crippen LogP contribution in [0.4, 0.5) is 0 Å². The van der Waals surface area contributed by atoms with E-state index in [4.69, 9.17) is 21.1 Å². The lowest BCUT2D eigenvalue weighted by Crippen LogP contribution is -2.36. The molecular formula is C16H23ClN2O5S. The highest BCUT2D eigenvalue weighted by atomic mass is 35.5. The van der Waals surface area contributed by atoms with Crippen LogP contribution in [0.25, 0.3) is 0 Å². The Kier molecular flexibility index (Phi) is 7.49. The largest absolute Gasteiger partial charge is 0.482 e. The molecule has 0 saturated heterocycles. The smallest absolute Gasteiger partial charge is 0.258 e. The predicted octanol–water partition coefficient (Wildman–Crippen LogP) is 1.70. The number of benzene rings is 1. The maximum atomic E-state index is 12.1. The second-order valence-corrected chi connectivity index (χ2v) is 7.99. The minimum atomic E-state index is -3.67. The molecule has 9 heteroatoms. The van der Waals surface area contributed by atoms with E-state index in [0.29, 0.717) is 0 Å². The number of amides is 1. The van der Waals surface area contributed by atoms with Crippen LogP contribution in [0.2, 0.25) is 5.02 Å². The summed E-state index contributed by atoms with van der Waals surface area (Å²) in [5.41, 5.74) is 0. The summed E-state index contributed by atoms with van der Waals surface area (Å²) in [7, 11) is -2.18. The Bertz CT molecular complexity index is 690. The van der Waals surface area contributed by atoms with Crippen LogP contribution in [0.15, 0.2) is 23.1 Å². The maximum Gasteiger partial charge on any atom is 0.258 e. The van der Waals surface area contributed by atoms with E-state index in [1.54, 1.807) is 0 Å². The zero-order valence-electron chi connectivity index (χ0n) is 14.1. The molecule has 1 aliphatic rings. The van der Waals surface area contributed by atoms with Crippen molar-refractivity contribution in [3.05, 3.63) is 23.2 Å². The molecule has 0 heterocycles. The number of rotatable bonds is 9. The van der Waals surface area contributed by atoms with Gasteiger partial charge in [0.2, 0.25) is 10.0 Å². The summed E-state index contributed by atoms with van der Waals surface area (Å²) >= 11 is 6.08. The van der Waals surface area contributed by atoms with Crippen LogP contribution in [-0.2, 0) is 19.6 Å². The Morgan fingerprint density at radius 2 is 2.04 bits per heavy atom. The average molecular weight is 391 g/mol. The Morgan fingerprint density at radius 1 is 1.32 bits per heavy atom. The van der Waals surface area contributed by atoms with Gasteiger partial charge in [-0.3, -0.25) is 4.79 Å². The second kappa shape index (κ2) is 9.38. The fourth-order valence-electron chi connectivity index (χ4n) is 2.61. The van der Waals surface area contributed by atoms with Gasteiger partial charge >= 0.3 is 0 Å². The van der Waals surface area contributed by atoms with Crippen LogP contribution >= 0.6 is 11.6 Å². The molecule has 25 heavy (non-hydrogen) atoms. The van der Waals surface area contributed by atoms with E-state index in [1.165, 1.54) is 25.3 Å². The van der Waals surface area contributed by atoms with Crippen molar-refractivity contribution in [3.63, 3.8) is 0 Å². The highest BCUT2D eigenvalue weighted by molar-refractivity contribution is 7.89. The molecule has 2 N–H and O–H groups in total. The zero-order valence-corrected chi connectivity index (χ0v) is 15.7. The van der Waals surface area contributed by atoms with Gasteiger partial charge in [-0.15, -0.1) is 0 Å². The summed E-state index contributed by atoms with van der Waals surface area (Å²) < 4.78 is 36.8. The monoisotopic (exact) mass is 390 g/mol. The number of carbonyl (C=O) groups excluding carboxylic acids is 1. The molecule has 0 bridgehead atoms. The van der Waals surface area contributed by atoms with E-state index in [2.05, 4.69) is 10.0 Å². The quantitative estimate of drug-likeness (QED) is 0.626. The summed E-state index contributed by atoms with van der Waals surface area (Å²) in [5, 5.41) is 3.04. The van der Waals surface area contributed by atoms with Crippen molar-refractivity contribution >= 4 is 27.5 Å². The Balaban J connectivity index is 1.91. The fraction of sp³-hybridized carbons (Fsp3) is 0.562. The van der Waals surface area contributed by atoms with Gasteiger partial charge in [0.1, 0.15) is 5.75 Å². The lowest BCUT2D eigenvalue weighted by Gasteiger charge is -2.13.